The maximum absolute atomic E-state index is 13.1. The molecular weight excluding hydrogens is 717 g/mol. The van der Waals surface area contributed by atoms with Gasteiger partial charge in [-0.05, 0) is 70.8 Å². The number of anilines is 2. The third-order valence-electron chi connectivity index (χ3n) is 7.91. The van der Waals surface area contributed by atoms with Gasteiger partial charge in [-0.3, -0.25) is 18.7 Å². The van der Waals surface area contributed by atoms with Crippen LogP contribution in [0.5, 0.6) is 0 Å². The van der Waals surface area contributed by atoms with E-state index in [0.29, 0.717) is 11.1 Å². The van der Waals surface area contributed by atoms with Crippen molar-refractivity contribution < 1.29 is 50.5 Å². The predicted octanol–water partition coefficient (Wildman–Crippen LogP) is 4.44. The van der Waals surface area contributed by atoms with E-state index < -0.39 is 71.5 Å². The zero-order valence-corrected chi connectivity index (χ0v) is 28.0. The molecule has 2 atom stereocenters. The number of hydrogen-bond acceptors (Lipinski definition) is 9. The van der Waals surface area contributed by atoms with E-state index >= 15 is 0 Å². The van der Waals surface area contributed by atoms with Gasteiger partial charge in [0.25, 0.3) is 32.1 Å². The fraction of sp³-hybridized carbons (Fsp3) is 0.0571. The number of nitrogens with one attached hydrogen (secondary N) is 2. The largest absolute Gasteiger partial charge is 0.382 e. The standard InChI is InChI=1S/C35H26N4O11S2/c40-31-25-13-3-1-7-19(25)17-27(51(45,46)47)29(31)38-33(42)21-9-5-11-23(15-21)36-35(44)37-24-12-6-10-22(16-24)34(43)39-30-28(52(48,49)50)18-20-8-2-4-14-26(20)32(30)41/h1-18,31-32,40-41H,(H2,36,37,44)(H,45,46,47)(H,48,49,50). The number of carbonyl (C=O) groups is 3. The molecule has 4 aromatic rings. The second kappa shape index (κ2) is 14.0. The number of carbonyl (C=O) groups excluding carboxylic acids is 3. The fourth-order valence-electron chi connectivity index (χ4n) is 5.52. The highest BCUT2D eigenvalue weighted by Crippen LogP contribution is 2.34. The molecule has 2 aliphatic rings. The van der Waals surface area contributed by atoms with Crippen LogP contribution in [0.3, 0.4) is 0 Å². The molecule has 0 spiro atoms. The monoisotopic (exact) mass is 742 g/mol. The Kier molecular flexibility index (Phi) is 9.65. The quantitative estimate of drug-likeness (QED) is 0.151. The van der Waals surface area contributed by atoms with Crippen LogP contribution in [0.2, 0.25) is 0 Å². The Morgan fingerprint density at radius 1 is 0.558 bits per heavy atom. The lowest BCUT2D eigenvalue weighted by molar-refractivity contribution is 0.0992. The molecule has 0 saturated carbocycles. The number of urea groups is 1. The normalized spacial score (nSPS) is 18.5. The van der Waals surface area contributed by atoms with Crippen molar-refractivity contribution in [1.29, 1.82) is 0 Å². The van der Waals surface area contributed by atoms with Crippen molar-refractivity contribution in [3.63, 3.8) is 0 Å². The van der Waals surface area contributed by atoms with Gasteiger partial charge in [0.2, 0.25) is 0 Å². The van der Waals surface area contributed by atoms with Crippen LogP contribution in [0.25, 0.3) is 12.2 Å². The molecular formula is C35H26N4O11S2. The van der Waals surface area contributed by atoms with E-state index in [9.17, 15) is 50.5 Å². The van der Waals surface area contributed by atoms with Gasteiger partial charge in [-0.2, -0.15) is 16.8 Å². The highest BCUT2D eigenvalue weighted by molar-refractivity contribution is 7.91. The van der Waals surface area contributed by atoms with E-state index in [2.05, 4.69) is 20.6 Å². The van der Waals surface area contributed by atoms with Crippen LogP contribution in [0.15, 0.2) is 117 Å². The number of aliphatic hydroxyl groups is 2. The second-order valence-corrected chi connectivity index (χ2v) is 14.2. The number of aliphatic imine (C=N–C) groups is 2. The van der Waals surface area contributed by atoms with E-state index in [4.69, 9.17) is 0 Å². The van der Waals surface area contributed by atoms with E-state index in [-0.39, 0.29) is 33.6 Å². The van der Waals surface area contributed by atoms with Crippen LogP contribution < -0.4 is 10.6 Å². The first-order chi connectivity index (χ1) is 24.6. The highest BCUT2D eigenvalue weighted by atomic mass is 32.2. The zero-order chi connectivity index (χ0) is 37.4. The number of aliphatic hydroxyl groups excluding tert-OH is 2. The van der Waals surface area contributed by atoms with Crippen molar-refractivity contribution >= 4 is 73.0 Å². The second-order valence-electron chi connectivity index (χ2n) is 11.4. The minimum Gasteiger partial charge on any atom is -0.382 e. The summed E-state index contributed by atoms with van der Waals surface area (Å²) in [5.41, 5.74) is -0.0413. The first kappa shape index (κ1) is 35.9. The molecule has 4 aromatic carbocycles. The number of amides is 4. The molecule has 0 bridgehead atoms. The zero-order valence-electron chi connectivity index (χ0n) is 26.4. The first-order valence-corrected chi connectivity index (χ1v) is 18.0. The van der Waals surface area contributed by atoms with Crippen LogP contribution in [0.4, 0.5) is 16.2 Å². The van der Waals surface area contributed by atoms with Crippen LogP contribution in [0, 0.1) is 0 Å². The van der Waals surface area contributed by atoms with E-state index in [1.807, 2.05) is 0 Å². The van der Waals surface area contributed by atoms with E-state index in [0.717, 1.165) is 12.2 Å². The van der Waals surface area contributed by atoms with Gasteiger partial charge in [0, 0.05) is 22.5 Å². The third kappa shape index (κ3) is 7.54. The Hall–Kier alpha value is -5.95. The number of hydrogen-bond donors (Lipinski definition) is 6. The van der Waals surface area contributed by atoms with Crippen molar-refractivity contribution in [1.82, 2.24) is 0 Å². The van der Waals surface area contributed by atoms with Crippen LogP contribution in [-0.2, 0) is 20.2 Å². The molecule has 17 heteroatoms. The molecule has 52 heavy (non-hydrogen) atoms. The number of rotatable bonds is 6. The van der Waals surface area contributed by atoms with E-state index in [1.165, 1.54) is 72.8 Å². The highest BCUT2D eigenvalue weighted by Gasteiger charge is 2.34. The Bertz CT molecular complexity index is 2350. The van der Waals surface area contributed by atoms with Gasteiger partial charge in [0.15, 0.2) is 0 Å². The molecule has 6 rings (SSSR count). The fourth-order valence-corrected chi connectivity index (χ4v) is 6.92. The lowest BCUT2D eigenvalue weighted by atomic mass is 9.93. The summed E-state index contributed by atoms with van der Waals surface area (Å²) >= 11 is 0. The lowest BCUT2D eigenvalue weighted by Gasteiger charge is -2.22. The van der Waals surface area contributed by atoms with Gasteiger partial charge in [0.05, 0.1) is 11.4 Å². The minimum atomic E-state index is -4.89. The van der Waals surface area contributed by atoms with Gasteiger partial charge in [-0.15, -0.1) is 0 Å². The molecule has 2 unspecified atom stereocenters. The van der Waals surface area contributed by atoms with E-state index in [1.54, 1.807) is 24.3 Å². The van der Waals surface area contributed by atoms with Crippen molar-refractivity contribution in [2.45, 2.75) is 12.2 Å². The number of fused-ring (bicyclic) bond motifs is 2. The molecule has 0 heterocycles. The van der Waals surface area contributed by atoms with Gasteiger partial charge >= 0.3 is 6.03 Å². The Morgan fingerprint density at radius 2 is 0.942 bits per heavy atom. The van der Waals surface area contributed by atoms with Crippen LogP contribution >= 0.6 is 0 Å². The Morgan fingerprint density at radius 3 is 1.33 bits per heavy atom. The molecule has 0 aromatic heterocycles. The van der Waals surface area contributed by atoms with Crippen LogP contribution in [-0.4, -0.2) is 65.4 Å². The summed E-state index contributed by atoms with van der Waals surface area (Å²) in [6.45, 7) is 0. The molecule has 264 valence electrons. The molecule has 0 saturated heterocycles. The Labute approximate surface area is 295 Å². The SMILES string of the molecule is O=C(Nc1cccc(C(=O)N=C2C(S(=O)(=O)O)=Cc3ccccc3C2O)c1)Nc1cccc(C(=O)N=C2C(S(=O)(=O)O)=Cc3ccccc3C2O)c1. The summed E-state index contributed by atoms with van der Waals surface area (Å²) < 4.78 is 68.0. The topological polar surface area (TPSA) is 249 Å². The summed E-state index contributed by atoms with van der Waals surface area (Å²) in [6.07, 6.45) is -1.11. The average molecular weight is 743 g/mol. The molecule has 0 aliphatic heterocycles. The predicted molar refractivity (Wildman–Crippen MR) is 191 cm³/mol. The summed E-state index contributed by atoms with van der Waals surface area (Å²) in [5.74, 6) is -1.98. The average Bonchev–Trinajstić information content (AvgIpc) is 3.09. The van der Waals surface area contributed by atoms with Gasteiger partial charge < -0.3 is 20.8 Å². The maximum Gasteiger partial charge on any atom is 0.323 e. The molecule has 6 N–H and O–H groups in total. The van der Waals surface area contributed by atoms with Gasteiger partial charge in [-0.25, -0.2) is 14.8 Å². The smallest absolute Gasteiger partial charge is 0.323 e. The molecule has 0 radical (unpaired) electrons. The summed E-state index contributed by atoms with van der Waals surface area (Å²) in [4.78, 5) is 45.3. The lowest BCUT2D eigenvalue weighted by Crippen LogP contribution is -2.25. The summed E-state index contributed by atoms with van der Waals surface area (Å²) in [5, 5.41) is 26.7. The third-order valence-corrected chi connectivity index (χ3v) is 9.68. The van der Waals surface area contributed by atoms with Gasteiger partial charge in [0.1, 0.15) is 22.0 Å². The molecule has 2 aliphatic carbocycles. The summed E-state index contributed by atoms with van der Waals surface area (Å²) in [7, 11) is -9.79. The van der Waals surface area contributed by atoms with Gasteiger partial charge in [-0.1, -0.05) is 60.7 Å². The van der Waals surface area contributed by atoms with Crippen molar-refractivity contribution in [3.8, 4) is 0 Å². The molecule has 4 amide bonds. The minimum absolute atomic E-state index is 0.0957. The summed E-state index contributed by atoms with van der Waals surface area (Å²) in [6, 6.07) is 22.4. The Balaban J connectivity index is 1.19. The van der Waals surface area contributed by atoms with Crippen molar-refractivity contribution in [3.05, 3.63) is 140 Å². The van der Waals surface area contributed by atoms with Crippen molar-refractivity contribution in [2.24, 2.45) is 9.98 Å². The van der Waals surface area contributed by atoms with Crippen molar-refractivity contribution in [2.75, 3.05) is 10.6 Å². The number of benzene rings is 4. The van der Waals surface area contributed by atoms with Crippen LogP contribution in [0.1, 0.15) is 55.2 Å². The first-order valence-electron chi connectivity index (χ1n) is 15.1. The number of nitrogens with zero attached hydrogens (tertiary/aromatic N) is 2. The maximum atomic E-state index is 13.1. The molecule has 0 fully saturated rings. The molecule has 15 nitrogen and oxygen atoms in total.